The fraction of sp³-hybridized carbons (Fsp3) is 0.190. The van der Waals surface area contributed by atoms with Gasteiger partial charge in [0.05, 0.1) is 17.9 Å². The second-order valence-electron chi connectivity index (χ2n) is 6.55. The quantitative estimate of drug-likeness (QED) is 0.709. The van der Waals surface area contributed by atoms with Gasteiger partial charge in [0.1, 0.15) is 5.69 Å². The smallest absolute Gasteiger partial charge is 0.270 e. The summed E-state index contributed by atoms with van der Waals surface area (Å²) in [7, 11) is 0. The van der Waals surface area contributed by atoms with E-state index < -0.39 is 0 Å². The van der Waals surface area contributed by atoms with Crippen molar-refractivity contribution in [2.24, 2.45) is 0 Å². The Kier molecular flexibility index (Phi) is 4.70. The number of benzene rings is 2. The molecule has 3 aromatic rings. The van der Waals surface area contributed by atoms with Crippen LogP contribution in [0.15, 0.2) is 66.7 Å². The molecule has 1 heterocycles. The lowest BCUT2D eigenvalue weighted by Gasteiger charge is -2.08. The second kappa shape index (κ2) is 7.45. The van der Waals surface area contributed by atoms with Crippen LogP contribution in [0.5, 0.6) is 0 Å². The zero-order valence-electron chi connectivity index (χ0n) is 14.8. The highest BCUT2D eigenvalue weighted by Crippen LogP contribution is 2.21. The fourth-order valence-electron chi connectivity index (χ4n) is 2.82. The number of rotatable bonds is 6. The normalized spacial score (nSPS) is 13.2. The number of nitrogens with one attached hydrogen (secondary N) is 2. The molecule has 1 saturated carbocycles. The minimum Gasteiger partial charge on any atom is -0.352 e. The van der Waals surface area contributed by atoms with Crippen molar-refractivity contribution in [3.8, 4) is 16.9 Å². The summed E-state index contributed by atoms with van der Waals surface area (Å²) in [5.41, 5.74) is 2.80. The summed E-state index contributed by atoms with van der Waals surface area (Å²) in [6.45, 7) is -0.0457. The second-order valence-corrected chi connectivity index (χ2v) is 6.55. The molecule has 1 aliphatic carbocycles. The molecule has 0 radical (unpaired) electrons. The maximum absolute atomic E-state index is 12.7. The Morgan fingerprint density at radius 3 is 2.33 bits per heavy atom. The number of nitrogens with zero attached hydrogens (tertiary/aromatic N) is 2. The van der Waals surface area contributed by atoms with Gasteiger partial charge in [0.15, 0.2) is 0 Å². The van der Waals surface area contributed by atoms with Crippen LogP contribution in [0.3, 0.4) is 0 Å². The summed E-state index contributed by atoms with van der Waals surface area (Å²) in [6, 6.07) is 21.2. The van der Waals surface area contributed by atoms with Crippen molar-refractivity contribution in [2.45, 2.75) is 18.9 Å². The van der Waals surface area contributed by atoms with Gasteiger partial charge in [-0.2, -0.15) is 5.10 Å². The van der Waals surface area contributed by atoms with Crippen LogP contribution in [-0.2, 0) is 4.79 Å². The molecule has 2 aromatic carbocycles. The molecule has 2 amide bonds. The van der Waals surface area contributed by atoms with Gasteiger partial charge < -0.3 is 10.6 Å². The van der Waals surface area contributed by atoms with E-state index in [-0.39, 0.29) is 24.4 Å². The lowest BCUT2D eigenvalue weighted by atomic mass is 10.1. The number of carbonyl (C=O) groups is 2. The highest BCUT2D eigenvalue weighted by atomic mass is 16.2. The van der Waals surface area contributed by atoms with Gasteiger partial charge in [0.25, 0.3) is 5.91 Å². The first-order valence-electron chi connectivity index (χ1n) is 8.99. The monoisotopic (exact) mass is 360 g/mol. The number of aromatic nitrogens is 2. The van der Waals surface area contributed by atoms with Gasteiger partial charge in [0, 0.05) is 11.6 Å². The molecule has 1 aliphatic rings. The molecule has 136 valence electrons. The summed E-state index contributed by atoms with van der Waals surface area (Å²) >= 11 is 0. The van der Waals surface area contributed by atoms with E-state index in [1.54, 1.807) is 10.7 Å². The SMILES string of the molecule is O=C(CNC(=O)c1cc(-c2ccccc2)nn1-c1ccccc1)NC1CC1. The average molecular weight is 360 g/mol. The molecule has 2 N–H and O–H groups in total. The minimum atomic E-state index is -0.334. The molecule has 0 unspecified atom stereocenters. The van der Waals surface area contributed by atoms with Crippen molar-refractivity contribution in [1.29, 1.82) is 0 Å². The zero-order valence-corrected chi connectivity index (χ0v) is 14.8. The van der Waals surface area contributed by atoms with Crippen molar-refractivity contribution >= 4 is 11.8 Å². The highest BCUT2D eigenvalue weighted by molar-refractivity contribution is 5.96. The Hall–Kier alpha value is -3.41. The Balaban J connectivity index is 1.60. The van der Waals surface area contributed by atoms with Crippen LogP contribution in [0, 0.1) is 0 Å². The standard InChI is InChI=1S/C21H20N4O2/c26-20(23-16-11-12-16)14-22-21(27)19-13-18(15-7-3-1-4-8-15)24-25(19)17-9-5-2-6-10-17/h1-10,13,16H,11-12,14H2,(H,22,27)(H,23,26). The summed E-state index contributed by atoms with van der Waals surface area (Å²) < 4.78 is 1.61. The highest BCUT2D eigenvalue weighted by Gasteiger charge is 2.24. The van der Waals surface area contributed by atoms with Crippen LogP contribution in [0.2, 0.25) is 0 Å². The summed E-state index contributed by atoms with van der Waals surface area (Å²) in [5.74, 6) is -0.501. The topological polar surface area (TPSA) is 76.0 Å². The Labute approximate surface area is 157 Å². The number of para-hydroxylation sites is 1. The first-order valence-corrected chi connectivity index (χ1v) is 8.99. The van der Waals surface area contributed by atoms with Gasteiger partial charge in [-0.1, -0.05) is 48.5 Å². The van der Waals surface area contributed by atoms with E-state index in [1.165, 1.54) is 0 Å². The number of amides is 2. The van der Waals surface area contributed by atoms with Crippen molar-refractivity contribution in [2.75, 3.05) is 6.54 Å². The molecule has 6 nitrogen and oxygen atoms in total. The van der Waals surface area contributed by atoms with Gasteiger partial charge >= 0.3 is 0 Å². The van der Waals surface area contributed by atoms with Gasteiger partial charge in [-0.25, -0.2) is 4.68 Å². The predicted molar refractivity (Wildman–Crippen MR) is 102 cm³/mol. The van der Waals surface area contributed by atoms with Crippen LogP contribution in [0.1, 0.15) is 23.3 Å². The van der Waals surface area contributed by atoms with Crippen LogP contribution < -0.4 is 10.6 Å². The molecule has 1 fully saturated rings. The lowest BCUT2D eigenvalue weighted by molar-refractivity contribution is -0.120. The molecule has 1 aromatic heterocycles. The summed E-state index contributed by atoms with van der Waals surface area (Å²) in [6.07, 6.45) is 2.03. The summed E-state index contributed by atoms with van der Waals surface area (Å²) in [5, 5.41) is 10.2. The molecular formula is C21H20N4O2. The maximum atomic E-state index is 12.7. The van der Waals surface area contributed by atoms with Gasteiger partial charge in [0.2, 0.25) is 5.91 Å². The van der Waals surface area contributed by atoms with E-state index in [9.17, 15) is 9.59 Å². The predicted octanol–water partition coefficient (Wildman–Crippen LogP) is 2.55. The van der Waals surface area contributed by atoms with E-state index >= 15 is 0 Å². The van der Waals surface area contributed by atoms with Crippen molar-refractivity contribution < 1.29 is 9.59 Å². The van der Waals surface area contributed by atoms with Gasteiger partial charge in [-0.05, 0) is 31.0 Å². The molecule has 0 spiro atoms. The van der Waals surface area contributed by atoms with E-state index in [2.05, 4.69) is 15.7 Å². The van der Waals surface area contributed by atoms with Crippen LogP contribution >= 0.6 is 0 Å². The number of hydrogen-bond donors (Lipinski definition) is 2. The van der Waals surface area contributed by atoms with E-state index in [0.717, 1.165) is 24.1 Å². The molecular weight excluding hydrogens is 340 g/mol. The first-order chi connectivity index (χ1) is 13.2. The Morgan fingerprint density at radius 1 is 1.00 bits per heavy atom. The molecule has 0 saturated heterocycles. The Morgan fingerprint density at radius 2 is 1.67 bits per heavy atom. The van der Waals surface area contributed by atoms with E-state index in [1.807, 2.05) is 60.7 Å². The number of carbonyl (C=O) groups excluding carboxylic acids is 2. The summed E-state index contributed by atoms with van der Waals surface area (Å²) in [4.78, 5) is 24.6. The maximum Gasteiger partial charge on any atom is 0.270 e. The number of hydrogen-bond acceptors (Lipinski definition) is 3. The van der Waals surface area contributed by atoms with Crippen LogP contribution in [0.4, 0.5) is 0 Å². The molecule has 0 atom stereocenters. The average Bonchev–Trinajstić information content (AvgIpc) is 3.41. The molecule has 4 rings (SSSR count). The van der Waals surface area contributed by atoms with Crippen molar-refractivity contribution in [3.05, 3.63) is 72.4 Å². The molecule has 6 heteroatoms. The molecule has 0 bridgehead atoms. The largest absolute Gasteiger partial charge is 0.352 e. The van der Waals surface area contributed by atoms with E-state index in [4.69, 9.17) is 0 Å². The minimum absolute atomic E-state index is 0.0457. The van der Waals surface area contributed by atoms with Gasteiger partial charge in [-0.15, -0.1) is 0 Å². The third kappa shape index (κ3) is 4.06. The fourth-order valence-corrected chi connectivity index (χ4v) is 2.82. The van der Waals surface area contributed by atoms with Crippen LogP contribution in [-0.4, -0.2) is 34.2 Å². The van der Waals surface area contributed by atoms with Crippen LogP contribution in [0.25, 0.3) is 16.9 Å². The third-order valence-electron chi connectivity index (χ3n) is 4.36. The lowest BCUT2D eigenvalue weighted by Crippen LogP contribution is -2.38. The van der Waals surface area contributed by atoms with Crippen molar-refractivity contribution in [3.63, 3.8) is 0 Å². The third-order valence-corrected chi connectivity index (χ3v) is 4.36. The molecule has 27 heavy (non-hydrogen) atoms. The zero-order chi connectivity index (χ0) is 18.6. The van der Waals surface area contributed by atoms with Crippen molar-refractivity contribution in [1.82, 2.24) is 20.4 Å². The Bertz CT molecular complexity index is 947. The van der Waals surface area contributed by atoms with Gasteiger partial charge in [-0.3, -0.25) is 9.59 Å². The first kappa shape index (κ1) is 17.0. The van der Waals surface area contributed by atoms with E-state index in [0.29, 0.717) is 11.4 Å². The molecule has 0 aliphatic heterocycles.